The number of hydrogen-bond acceptors (Lipinski definition) is 10. The van der Waals surface area contributed by atoms with E-state index in [9.17, 15) is 17.2 Å². The highest BCUT2D eigenvalue weighted by Crippen LogP contribution is 2.47. The van der Waals surface area contributed by atoms with Gasteiger partial charge in [-0.2, -0.15) is 9.97 Å². The van der Waals surface area contributed by atoms with Crippen LogP contribution in [0.4, 0.5) is 14.7 Å². The number of nitrogens with zero attached hydrogens (tertiary/aromatic N) is 7. The zero-order valence-electron chi connectivity index (χ0n) is 20.3. The number of aromatic nitrogens is 7. The van der Waals surface area contributed by atoms with Crippen LogP contribution in [0, 0.1) is 5.92 Å². The molecule has 4 rings (SSSR count). The summed E-state index contributed by atoms with van der Waals surface area (Å²) in [5, 5.41) is 7.40. The molecule has 1 aliphatic rings. The Hall–Kier alpha value is -3.20. The minimum atomic E-state index is -4.13. The van der Waals surface area contributed by atoms with Gasteiger partial charge in [-0.3, -0.25) is 9.29 Å². The molecule has 3 heterocycles. The topological polar surface area (TPSA) is 147 Å². The normalized spacial score (nSPS) is 19.2. The number of halogens is 3. The van der Waals surface area contributed by atoms with Crippen molar-refractivity contribution in [1.82, 2.24) is 34.7 Å². The number of alkyl halides is 2. The van der Waals surface area contributed by atoms with E-state index in [2.05, 4.69) is 34.9 Å². The maximum Gasteiger partial charge on any atom is 0.245 e. The molecule has 1 aliphatic carbocycles. The first-order valence-corrected chi connectivity index (χ1v) is 13.2. The number of anilines is 1. The van der Waals surface area contributed by atoms with Gasteiger partial charge in [-0.25, -0.2) is 27.2 Å². The SMILES string of the molecule is COc1ncnc(OC)c1-n1c(NS(=O)(=O)C(C)C(C)c2ncc(Cl)cn2)nnc1[C@@H]1CC[C@@H]1C(F)F. The molecule has 1 saturated carbocycles. The highest BCUT2D eigenvalue weighted by atomic mass is 35.5. The standard InChI is InChI=1S/C21H25ClF2N8O4S/c1-10(17-25-7-12(22)8-26-17)11(2)37(33,34)31-21-30-29-18(14-6-5-13(14)16(23)24)32(21)15-19(35-3)27-9-28-20(15)36-4/h7-11,13-14,16H,5-6H2,1-4H3,(H,30,31)/t10?,11?,13-,14+/m0/s1. The number of sulfonamides is 1. The van der Waals surface area contributed by atoms with Crippen molar-refractivity contribution in [3.05, 3.63) is 35.4 Å². The van der Waals surface area contributed by atoms with Crippen LogP contribution in [0.2, 0.25) is 5.02 Å². The van der Waals surface area contributed by atoms with Crippen molar-refractivity contribution in [3.63, 3.8) is 0 Å². The van der Waals surface area contributed by atoms with Crippen LogP contribution in [0.3, 0.4) is 0 Å². The molecule has 0 amide bonds. The molecule has 2 unspecified atom stereocenters. The van der Waals surface area contributed by atoms with Gasteiger partial charge in [0.05, 0.1) is 24.5 Å². The Labute approximate surface area is 216 Å². The molecule has 0 spiro atoms. The van der Waals surface area contributed by atoms with Crippen molar-refractivity contribution in [3.8, 4) is 17.4 Å². The van der Waals surface area contributed by atoms with Gasteiger partial charge >= 0.3 is 0 Å². The second kappa shape index (κ2) is 10.7. The van der Waals surface area contributed by atoms with Gasteiger partial charge in [0, 0.05) is 30.1 Å². The summed E-state index contributed by atoms with van der Waals surface area (Å²) in [6.07, 6.45) is 2.07. The third-order valence-corrected chi connectivity index (χ3v) is 8.56. The molecule has 200 valence electrons. The van der Waals surface area contributed by atoms with E-state index in [-0.39, 0.29) is 35.0 Å². The minimum Gasteiger partial charge on any atom is -0.479 e. The predicted molar refractivity (Wildman–Crippen MR) is 129 cm³/mol. The lowest BCUT2D eigenvalue weighted by Crippen LogP contribution is -2.33. The number of nitrogens with one attached hydrogen (secondary N) is 1. The monoisotopic (exact) mass is 558 g/mol. The van der Waals surface area contributed by atoms with E-state index in [1.54, 1.807) is 6.92 Å². The first kappa shape index (κ1) is 26.9. The fourth-order valence-electron chi connectivity index (χ4n) is 4.06. The zero-order valence-corrected chi connectivity index (χ0v) is 21.9. The van der Waals surface area contributed by atoms with Crippen LogP contribution in [-0.4, -0.2) is 69.0 Å². The van der Waals surface area contributed by atoms with Gasteiger partial charge in [-0.15, -0.1) is 10.2 Å². The van der Waals surface area contributed by atoms with Crippen LogP contribution in [0.25, 0.3) is 5.69 Å². The lowest BCUT2D eigenvalue weighted by atomic mass is 9.73. The molecule has 0 radical (unpaired) electrons. The van der Waals surface area contributed by atoms with Gasteiger partial charge in [0.15, 0.2) is 5.69 Å². The fourth-order valence-corrected chi connectivity index (χ4v) is 5.39. The van der Waals surface area contributed by atoms with Gasteiger partial charge in [0.25, 0.3) is 0 Å². The molecular formula is C21H25ClF2N8O4S. The smallest absolute Gasteiger partial charge is 0.245 e. The van der Waals surface area contributed by atoms with Crippen molar-refractivity contribution >= 4 is 27.6 Å². The van der Waals surface area contributed by atoms with E-state index in [0.717, 1.165) is 0 Å². The van der Waals surface area contributed by atoms with Crippen molar-refractivity contribution < 1.29 is 26.7 Å². The Bertz CT molecular complexity index is 1340. The van der Waals surface area contributed by atoms with Crippen LogP contribution < -0.4 is 14.2 Å². The summed E-state index contributed by atoms with van der Waals surface area (Å²) >= 11 is 5.84. The quantitative estimate of drug-likeness (QED) is 0.393. The second-order valence-electron chi connectivity index (χ2n) is 8.54. The Balaban J connectivity index is 1.78. The van der Waals surface area contributed by atoms with Crippen LogP contribution in [0.15, 0.2) is 18.7 Å². The minimum absolute atomic E-state index is 0.0113. The van der Waals surface area contributed by atoms with Gasteiger partial charge in [0.1, 0.15) is 18.0 Å². The molecule has 0 aromatic carbocycles. The summed E-state index contributed by atoms with van der Waals surface area (Å²) in [5.41, 5.74) is 0.0758. The van der Waals surface area contributed by atoms with Crippen molar-refractivity contribution in [2.24, 2.45) is 5.92 Å². The van der Waals surface area contributed by atoms with Crippen LogP contribution in [0.1, 0.15) is 50.2 Å². The predicted octanol–water partition coefficient (Wildman–Crippen LogP) is 3.21. The Morgan fingerprint density at radius 1 is 1.05 bits per heavy atom. The van der Waals surface area contributed by atoms with Gasteiger partial charge in [0.2, 0.25) is 34.2 Å². The third-order valence-electron chi connectivity index (χ3n) is 6.51. The first-order chi connectivity index (χ1) is 17.6. The lowest BCUT2D eigenvalue weighted by molar-refractivity contribution is 0.0139. The fraction of sp³-hybridized carbons (Fsp3) is 0.524. The van der Waals surface area contributed by atoms with E-state index >= 15 is 0 Å². The number of methoxy groups -OCH3 is 2. The Kier molecular flexibility index (Phi) is 7.73. The van der Waals surface area contributed by atoms with Crippen molar-refractivity contribution in [1.29, 1.82) is 0 Å². The van der Waals surface area contributed by atoms with Crippen molar-refractivity contribution in [2.75, 3.05) is 18.9 Å². The van der Waals surface area contributed by atoms with E-state index in [4.69, 9.17) is 21.1 Å². The second-order valence-corrected chi connectivity index (χ2v) is 11.0. The summed E-state index contributed by atoms with van der Waals surface area (Å²) in [4.78, 5) is 16.4. The average molecular weight is 559 g/mol. The highest BCUT2D eigenvalue weighted by Gasteiger charge is 2.43. The summed E-state index contributed by atoms with van der Waals surface area (Å²) in [6, 6.07) is 0. The van der Waals surface area contributed by atoms with Crippen molar-refractivity contribution in [2.45, 2.75) is 50.2 Å². The molecule has 16 heteroatoms. The maximum absolute atomic E-state index is 13.6. The molecule has 37 heavy (non-hydrogen) atoms. The van der Waals surface area contributed by atoms with Gasteiger partial charge in [-0.1, -0.05) is 18.5 Å². The molecule has 1 fully saturated rings. The van der Waals surface area contributed by atoms with Gasteiger partial charge in [-0.05, 0) is 19.8 Å². The summed E-state index contributed by atoms with van der Waals surface area (Å²) in [7, 11) is -1.43. The summed E-state index contributed by atoms with van der Waals surface area (Å²) in [6.45, 7) is 3.14. The molecule has 3 aromatic rings. The molecular weight excluding hydrogens is 534 g/mol. The van der Waals surface area contributed by atoms with Crippen LogP contribution in [0.5, 0.6) is 11.8 Å². The number of hydrogen-bond donors (Lipinski definition) is 1. The van der Waals surface area contributed by atoms with E-state index in [1.165, 1.54) is 44.4 Å². The molecule has 0 saturated heterocycles. The van der Waals surface area contributed by atoms with E-state index in [1.807, 2.05) is 0 Å². The lowest BCUT2D eigenvalue weighted by Gasteiger charge is -2.35. The molecule has 4 atom stereocenters. The van der Waals surface area contributed by atoms with Crippen LogP contribution in [-0.2, 0) is 10.0 Å². The number of rotatable bonds is 10. The summed E-state index contributed by atoms with van der Waals surface area (Å²) < 4.78 is 68.5. The van der Waals surface area contributed by atoms with Crippen LogP contribution >= 0.6 is 11.6 Å². The summed E-state index contributed by atoms with van der Waals surface area (Å²) in [5.74, 6) is -2.12. The molecule has 1 N–H and O–H groups in total. The molecule has 12 nitrogen and oxygen atoms in total. The maximum atomic E-state index is 13.6. The van der Waals surface area contributed by atoms with E-state index in [0.29, 0.717) is 17.9 Å². The van der Waals surface area contributed by atoms with E-state index < -0.39 is 39.5 Å². The number of ether oxygens (including phenoxy) is 2. The third kappa shape index (κ3) is 5.14. The first-order valence-electron chi connectivity index (χ1n) is 11.2. The molecule has 3 aromatic heterocycles. The zero-order chi connectivity index (χ0) is 26.9. The highest BCUT2D eigenvalue weighted by molar-refractivity contribution is 7.93. The van der Waals surface area contributed by atoms with Gasteiger partial charge < -0.3 is 9.47 Å². The average Bonchev–Trinajstić information content (AvgIpc) is 3.23. The molecule has 0 bridgehead atoms. The Morgan fingerprint density at radius 2 is 1.68 bits per heavy atom. The molecule has 0 aliphatic heterocycles. The largest absolute Gasteiger partial charge is 0.479 e. The Morgan fingerprint density at radius 3 is 2.19 bits per heavy atom.